The Morgan fingerprint density at radius 1 is 1.60 bits per heavy atom. The smallest absolute Gasteiger partial charge is 0.331 e. The van der Waals surface area contributed by atoms with Gasteiger partial charge in [-0.05, 0) is 18.3 Å². The SMILES string of the molecule is C#CC(=O)NCCS/C=C/C(=O)OCC. The van der Waals surface area contributed by atoms with E-state index in [9.17, 15) is 9.59 Å². The van der Waals surface area contributed by atoms with E-state index in [4.69, 9.17) is 6.42 Å². The molecule has 0 fully saturated rings. The molecule has 4 nitrogen and oxygen atoms in total. The second-order valence-electron chi connectivity index (χ2n) is 2.33. The molecule has 0 radical (unpaired) electrons. The van der Waals surface area contributed by atoms with Crippen LogP contribution in [-0.2, 0) is 14.3 Å². The lowest BCUT2D eigenvalue weighted by Gasteiger charge is -1.97. The number of nitrogens with one attached hydrogen (secondary N) is 1. The first-order valence-corrected chi connectivity index (χ1v) is 5.45. The molecule has 0 saturated carbocycles. The van der Waals surface area contributed by atoms with Crippen LogP contribution in [0.15, 0.2) is 11.5 Å². The Morgan fingerprint density at radius 3 is 2.93 bits per heavy atom. The lowest BCUT2D eigenvalue weighted by molar-refractivity contribution is -0.137. The van der Waals surface area contributed by atoms with Crippen LogP contribution in [-0.4, -0.2) is 30.8 Å². The van der Waals surface area contributed by atoms with E-state index in [1.807, 2.05) is 5.92 Å². The van der Waals surface area contributed by atoms with Crippen molar-refractivity contribution in [2.75, 3.05) is 18.9 Å². The maximum Gasteiger partial charge on any atom is 0.331 e. The fraction of sp³-hybridized carbons (Fsp3) is 0.400. The maximum absolute atomic E-state index is 10.8. The summed E-state index contributed by atoms with van der Waals surface area (Å²) in [5.41, 5.74) is 0. The van der Waals surface area contributed by atoms with E-state index in [-0.39, 0.29) is 5.97 Å². The average Bonchev–Trinajstić information content (AvgIpc) is 2.23. The number of amides is 1. The molecule has 0 aromatic heterocycles. The van der Waals surface area contributed by atoms with E-state index in [2.05, 4.69) is 10.1 Å². The molecule has 0 aromatic rings. The Morgan fingerprint density at radius 2 is 2.33 bits per heavy atom. The van der Waals surface area contributed by atoms with Crippen molar-refractivity contribution in [3.63, 3.8) is 0 Å². The lowest BCUT2D eigenvalue weighted by atomic mass is 10.6. The van der Waals surface area contributed by atoms with Gasteiger partial charge in [0, 0.05) is 18.4 Å². The highest BCUT2D eigenvalue weighted by Crippen LogP contribution is 2.00. The number of terminal acetylenes is 1. The molecule has 5 heteroatoms. The third-order valence-electron chi connectivity index (χ3n) is 1.22. The van der Waals surface area contributed by atoms with Gasteiger partial charge in [-0.15, -0.1) is 18.2 Å². The monoisotopic (exact) mass is 227 g/mol. The van der Waals surface area contributed by atoms with Crippen molar-refractivity contribution in [1.29, 1.82) is 0 Å². The summed E-state index contributed by atoms with van der Waals surface area (Å²) >= 11 is 1.40. The molecule has 1 amide bonds. The van der Waals surface area contributed by atoms with Gasteiger partial charge in [-0.1, -0.05) is 0 Å². The summed E-state index contributed by atoms with van der Waals surface area (Å²) in [6.45, 7) is 2.58. The molecule has 0 aliphatic carbocycles. The van der Waals surface area contributed by atoms with Gasteiger partial charge >= 0.3 is 5.97 Å². The van der Waals surface area contributed by atoms with Gasteiger partial charge in [-0.25, -0.2) is 4.79 Å². The highest BCUT2D eigenvalue weighted by molar-refractivity contribution is 8.02. The van der Waals surface area contributed by atoms with E-state index in [1.165, 1.54) is 17.8 Å². The summed E-state index contributed by atoms with van der Waals surface area (Å²) in [5.74, 6) is 1.81. The Labute approximate surface area is 93.4 Å². The molecule has 0 heterocycles. The highest BCUT2D eigenvalue weighted by atomic mass is 32.2. The topological polar surface area (TPSA) is 55.4 Å². The van der Waals surface area contributed by atoms with E-state index < -0.39 is 5.91 Å². The van der Waals surface area contributed by atoms with E-state index >= 15 is 0 Å². The van der Waals surface area contributed by atoms with Crippen LogP contribution in [0.1, 0.15) is 6.92 Å². The Bertz CT molecular complexity index is 281. The molecule has 82 valence electrons. The van der Waals surface area contributed by atoms with Crippen LogP contribution in [0.5, 0.6) is 0 Å². The predicted molar refractivity (Wildman–Crippen MR) is 60.1 cm³/mol. The van der Waals surface area contributed by atoms with Crippen molar-refractivity contribution in [2.45, 2.75) is 6.92 Å². The average molecular weight is 227 g/mol. The summed E-state index contributed by atoms with van der Waals surface area (Å²) in [6, 6.07) is 0. The first kappa shape index (κ1) is 13.6. The van der Waals surface area contributed by atoms with Crippen LogP contribution in [0.4, 0.5) is 0 Å². The van der Waals surface area contributed by atoms with Gasteiger partial charge in [-0.3, -0.25) is 4.79 Å². The van der Waals surface area contributed by atoms with Crippen LogP contribution in [0, 0.1) is 12.3 Å². The second-order valence-corrected chi connectivity index (χ2v) is 3.34. The molecule has 0 rings (SSSR count). The van der Waals surface area contributed by atoms with Crippen molar-refractivity contribution in [1.82, 2.24) is 5.32 Å². The molecule has 0 saturated heterocycles. The minimum absolute atomic E-state index is 0.363. The minimum Gasteiger partial charge on any atom is -0.463 e. The van der Waals surface area contributed by atoms with Crippen molar-refractivity contribution in [3.8, 4) is 12.3 Å². The first-order chi connectivity index (χ1) is 7.20. The van der Waals surface area contributed by atoms with Crippen molar-refractivity contribution < 1.29 is 14.3 Å². The van der Waals surface area contributed by atoms with Crippen LogP contribution in [0.3, 0.4) is 0 Å². The Balaban J connectivity index is 3.43. The molecular weight excluding hydrogens is 214 g/mol. The largest absolute Gasteiger partial charge is 0.463 e. The van der Waals surface area contributed by atoms with Crippen molar-refractivity contribution in [3.05, 3.63) is 11.5 Å². The van der Waals surface area contributed by atoms with Gasteiger partial charge in [0.15, 0.2) is 0 Å². The number of ether oxygens (including phenoxy) is 1. The fourth-order valence-corrected chi connectivity index (χ4v) is 1.20. The number of esters is 1. The van der Waals surface area contributed by atoms with Crippen LogP contribution < -0.4 is 5.32 Å². The summed E-state index contributed by atoms with van der Waals surface area (Å²) in [6.07, 6.45) is 6.19. The van der Waals surface area contributed by atoms with Gasteiger partial charge in [0.1, 0.15) is 0 Å². The highest BCUT2D eigenvalue weighted by Gasteiger charge is 1.94. The Hall–Kier alpha value is -1.41. The fourth-order valence-electron chi connectivity index (χ4n) is 0.637. The maximum atomic E-state index is 10.8. The summed E-state index contributed by atoms with van der Waals surface area (Å²) < 4.78 is 4.67. The molecule has 0 spiro atoms. The molecule has 0 aliphatic rings. The van der Waals surface area contributed by atoms with Gasteiger partial charge < -0.3 is 10.1 Å². The molecule has 1 N–H and O–H groups in total. The van der Waals surface area contributed by atoms with Crippen LogP contribution >= 0.6 is 11.8 Å². The molecular formula is C10H13NO3S. The summed E-state index contributed by atoms with van der Waals surface area (Å²) in [5, 5.41) is 4.12. The molecule has 0 unspecified atom stereocenters. The zero-order valence-corrected chi connectivity index (χ0v) is 9.30. The quantitative estimate of drug-likeness (QED) is 0.311. The summed E-state index contributed by atoms with van der Waals surface area (Å²) in [4.78, 5) is 21.4. The zero-order chi connectivity index (χ0) is 11.5. The Kier molecular flexibility index (Phi) is 8.30. The standard InChI is InChI=1S/C10H13NO3S/c1-3-9(12)11-6-8-15-7-5-10(13)14-4-2/h1,5,7H,4,6,8H2,2H3,(H,11,12)/b7-5+. The third-order valence-corrected chi connectivity index (χ3v) is 1.99. The number of hydrogen-bond acceptors (Lipinski definition) is 4. The van der Waals surface area contributed by atoms with Crippen LogP contribution in [0.2, 0.25) is 0 Å². The number of hydrogen-bond donors (Lipinski definition) is 1. The molecule has 15 heavy (non-hydrogen) atoms. The van der Waals surface area contributed by atoms with E-state index in [0.29, 0.717) is 18.9 Å². The summed E-state index contributed by atoms with van der Waals surface area (Å²) in [7, 11) is 0. The van der Waals surface area contributed by atoms with Crippen molar-refractivity contribution in [2.24, 2.45) is 0 Å². The second kappa shape index (κ2) is 9.16. The van der Waals surface area contributed by atoms with Gasteiger partial charge in [0.05, 0.1) is 6.61 Å². The number of carbonyl (C=O) groups excluding carboxylic acids is 2. The third kappa shape index (κ3) is 8.91. The van der Waals surface area contributed by atoms with Gasteiger partial charge in [0.25, 0.3) is 5.91 Å². The normalized spacial score (nSPS) is 9.60. The number of rotatable bonds is 6. The first-order valence-electron chi connectivity index (χ1n) is 4.40. The number of carbonyl (C=O) groups is 2. The zero-order valence-electron chi connectivity index (χ0n) is 8.49. The molecule has 0 aliphatic heterocycles. The van der Waals surface area contributed by atoms with Crippen LogP contribution in [0.25, 0.3) is 0 Å². The van der Waals surface area contributed by atoms with E-state index in [1.54, 1.807) is 12.3 Å². The van der Waals surface area contributed by atoms with Crippen molar-refractivity contribution >= 4 is 23.6 Å². The predicted octanol–water partition coefficient (Wildman–Crippen LogP) is 0.546. The number of thioether (sulfide) groups is 1. The molecule has 0 atom stereocenters. The van der Waals surface area contributed by atoms with Gasteiger partial charge in [-0.2, -0.15) is 0 Å². The minimum atomic E-state index is -0.426. The molecule has 0 bridgehead atoms. The van der Waals surface area contributed by atoms with E-state index in [0.717, 1.165) is 0 Å². The van der Waals surface area contributed by atoms with Gasteiger partial charge in [0.2, 0.25) is 0 Å². The lowest BCUT2D eigenvalue weighted by Crippen LogP contribution is -2.23. The molecule has 0 aromatic carbocycles.